The van der Waals surface area contributed by atoms with Gasteiger partial charge in [0, 0.05) is 43.0 Å². The van der Waals surface area contributed by atoms with Crippen LogP contribution in [0.4, 0.5) is 0 Å². The molecule has 3 aliphatic rings. The summed E-state index contributed by atoms with van der Waals surface area (Å²) in [6.07, 6.45) is 3.30. The first-order chi connectivity index (χ1) is 11.8. The van der Waals surface area contributed by atoms with Crippen LogP contribution in [0.2, 0.25) is 0 Å². The number of hydrogen-bond donors (Lipinski definition) is 1. The number of fused-ring (bicyclic) bond motifs is 3. The van der Waals surface area contributed by atoms with Crippen LogP contribution in [0.25, 0.3) is 0 Å². The first-order valence-electron chi connectivity index (χ1n) is 8.76. The molecule has 0 spiro atoms. The molecule has 7 heteroatoms. The van der Waals surface area contributed by atoms with E-state index in [1.807, 2.05) is 11.3 Å². The summed E-state index contributed by atoms with van der Waals surface area (Å²) in [6, 6.07) is 4.68. The predicted molar refractivity (Wildman–Crippen MR) is 91.0 cm³/mol. The van der Waals surface area contributed by atoms with Gasteiger partial charge in [-0.25, -0.2) is 0 Å². The zero-order chi connectivity index (χ0) is 16.1. The molecule has 5 rings (SSSR count). The maximum absolute atomic E-state index is 12.4. The van der Waals surface area contributed by atoms with Gasteiger partial charge in [-0.05, 0) is 36.6 Å². The number of rotatable bonds is 4. The third kappa shape index (κ3) is 2.56. The van der Waals surface area contributed by atoms with Gasteiger partial charge in [0.05, 0.1) is 0 Å². The highest BCUT2D eigenvalue weighted by Crippen LogP contribution is 2.39. The molecule has 1 saturated heterocycles. The molecule has 2 aliphatic heterocycles. The number of aromatic nitrogens is 3. The Hall–Kier alpha value is -1.73. The fourth-order valence-electron chi connectivity index (χ4n) is 4.05. The number of carbonyl (C=O) groups is 1. The Balaban J connectivity index is 1.34. The van der Waals surface area contributed by atoms with E-state index in [0.717, 1.165) is 51.3 Å². The highest BCUT2D eigenvalue weighted by atomic mass is 32.1. The van der Waals surface area contributed by atoms with Gasteiger partial charge in [-0.2, -0.15) is 0 Å². The van der Waals surface area contributed by atoms with E-state index in [4.69, 9.17) is 0 Å². The Labute approximate surface area is 144 Å². The standard InChI is InChI=1S/C17H21N5OS/c23-17(18-12-3-4-12)16-20-19-15-14-10-21(9-13-2-1-7-24-13)8-11(14)5-6-22(15)16/h1-2,7,11-12,14H,3-6,8-10H2,(H,18,23)/t11-,14-/m0/s1. The summed E-state index contributed by atoms with van der Waals surface area (Å²) in [7, 11) is 0. The summed E-state index contributed by atoms with van der Waals surface area (Å²) >= 11 is 1.82. The Morgan fingerprint density at radius 2 is 2.21 bits per heavy atom. The van der Waals surface area contributed by atoms with Crippen molar-refractivity contribution in [3.8, 4) is 0 Å². The molecule has 6 nitrogen and oxygen atoms in total. The molecular weight excluding hydrogens is 322 g/mol. The minimum absolute atomic E-state index is 0.0526. The van der Waals surface area contributed by atoms with E-state index in [9.17, 15) is 4.79 Å². The van der Waals surface area contributed by atoms with Crippen LogP contribution >= 0.6 is 11.3 Å². The molecule has 0 radical (unpaired) electrons. The molecule has 1 aliphatic carbocycles. The van der Waals surface area contributed by atoms with Crippen molar-refractivity contribution in [2.75, 3.05) is 13.1 Å². The third-order valence-electron chi connectivity index (χ3n) is 5.43. The number of nitrogens with one attached hydrogen (secondary N) is 1. The smallest absolute Gasteiger partial charge is 0.289 e. The van der Waals surface area contributed by atoms with E-state index < -0.39 is 0 Å². The van der Waals surface area contributed by atoms with E-state index in [2.05, 4.69) is 42.5 Å². The van der Waals surface area contributed by atoms with Gasteiger partial charge < -0.3 is 9.88 Å². The van der Waals surface area contributed by atoms with Crippen molar-refractivity contribution in [2.45, 2.75) is 44.3 Å². The van der Waals surface area contributed by atoms with Gasteiger partial charge in [-0.1, -0.05) is 6.07 Å². The van der Waals surface area contributed by atoms with Crippen LogP contribution in [0.3, 0.4) is 0 Å². The minimum atomic E-state index is -0.0526. The lowest BCUT2D eigenvalue weighted by Gasteiger charge is -2.25. The number of amides is 1. The zero-order valence-corrected chi connectivity index (χ0v) is 14.3. The first-order valence-corrected chi connectivity index (χ1v) is 9.64. The lowest BCUT2D eigenvalue weighted by atomic mass is 9.89. The van der Waals surface area contributed by atoms with Crippen molar-refractivity contribution in [3.63, 3.8) is 0 Å². The van der Waals surface area contributed by atoms with Gasteiger partial charge in [0.25, 0.3) is 5.91 Å². The molecule has 4 heterocycles. The van der Waals surface area contributed by atoms with Crippen LogP contribution in [0, 0.1) is 5.92 Å². The molecule has 126 valence electrons. The average Bonchev–Trinajstić information content (AvgIpc) is 3.01. The summed E-state index contributed by atoms with van der Waals surface area (Å²) in [5.41, 5.74) is 0. The van der Waals surface area contributed by atoms with E-state index in [1.165, 1.54) is 4.88 Å². The Kier molecular flexibility index (Phi) is 3.45. The number of thiophene rings is 1. The molecule has 1 saturated carbocycles. The van der Waals surface area contributed by atoms with Gasteiger partial charge >= 0.3 is 0 Å². The molecule has 0 unspecified atom stereocenters. The third-order valence-corrected chi connectivity index (χ3v) is 6.29. The van der Waals surface area contributed by atoms with Crippen LogP contribution in [0.15, 0.2) is 17.5 Å². The predicted octanol–water partition coefficient (Wildman–Crippen LogP) is 1.85. The second kappa shape index (κ2) is 5.67. The lowest BCUT2D eigenvalue weighted by Crippen LogP contribution is -2.31. The molecular formula is C17H21N5OS. The maximum atomic E-state index is 12.4. The fraction of sp³-hybridized carbons (Fsp3) is 0.588. The summed E-state index contributed by atoms with van der Waals surface area (Å²) in [6.45, 7) is 4.03. The highest BCUT2D eigenvalue weighted by molar-refractivity contribution is 7.09. The highest BCUT2D eigenvalue weighted by Gasteiger charge is 2.41. The molecule has 1 N–H and O–H groups in total. The number of nitrogens with zero attached hydrogens (tertiary/aromatic N) is 4. The number of hydrogen-bond acceptors (Lipinski definition) is 5. The van der Waals surface area contributed by atoms with Crippen molar-refractivity contribution in [1.29, 1.82) is 0 Å². The van der Waals surface area contributed by atoms with E-state index in [0.29, 0.717) is 23.7 Å². The topological polar surface area (TPSA) is 63.1 Å². The van der Waals surface area contributed by atoms with Gasteiger partial charge in [0.15, 0.2) is 0 Å². The Morgan fingerprint density at radius 3 is 3.00 bits per heavy atom. The molecule has 2 fully saturated rings. The number of carbonyl (C=O) groups excluding carboxylic acids is 1. The van der Waals surface area contributed by atoms with Gasteiger partial charge in [0.2, 0.25) is 5.82 Å². The largest absolute Gasteiger partial charge is 0.347 e. The van der Waals surface area contributed by atoms with Crippen molar-refractivity contribution >= 4 is 17.2 Å². The Bertz CT molecular complexity index is 751. The first kappa shape index (κ1) is 14.6. The van der Waals surface area contributed by atoms with Crippen molar-refractivity contribution < 1.29 is 4.79 Å². The molecule has 2 aromatic rings. The summed E-state index contributed by atoms with van der Waals surface area (Å²) in [5, 5.41) is 13.8. The monoisotopic (exact) mass is 343 g/mol. The molecule has 2 atom stereocenters. The molecule has 2 aromatic heterocycles. The maximum Gasteiger partial charge on any atom is 0.289 e. The van der Waals surface area contributed by atoms with Crippen molar-refractivity contribution in [3.05, 3.63) is 34.0 Å². The second-order valence-corrected chi connectivity index (χ2v) is 8.24. The van der Waals surface area contributed by atoms with Gasteiger partial charge in [-0.3, -0.25) is 9.69 Å². The second-order valence-electron chi connectivity index (χ2n) is 7.21. The van der Waals surface area contributed by atoms with Crippen LogP contribution < -0.4 is 5.32 Å². The zero-order valence-electron chi connectivity index (χ0n) is 13.5. The average molecular weight is 343 g/mol. The Morgan fingerprint density at radius 1 is 1.29 bits per heavy atom. The normalized spacial score (nSPS) is 26.2. The number of likely N-dealkylation sites (tertiary alicyclic amines) is 1. The van der Waals surface area contributed by atoms with Crippen LogP contribution in [-0.2, 0) is 13.1 Å². The van der Waals surface area contributed by atoms with Crippen LogP contribution in [-0.4, -0.2) is 44.7 Å². The van der Waals surface area contributed by atoms with E-state index in [1.54, 1.807) is 0 Å². The lowest BCUT2D eigenvalue weighted by molar-refractivity contribution is 0.0934. The van der Waals surface area contributed by atoms with E-state index >= 15 is 0 Å². The van der Waals surface area contributed by atoms with Crippen LogP contribution in [0.5, 0.6) is 0 Å². The fourth-order valence-corrected chi connectivity index (χ4v) is 4.79. The SMILES string of the molecule is O=C(NC1CC1)c1nnc2n1CC[C@H]1CN(Cc3cccs3)C[C@H]21. The summed E-state index contributed by atoms with van der Waals surface area (Å²) in [5.74, 6) is 2.52. The quantitative estimate of drug-likeness (QED) is 0.920. The van der Waals surface area contributed by atoms with Crippen molar-refractivity contribution in [2.24, 2.45) is 5.92 Å². The van der Waals surface area contributed by atoms with Crippen molar-refractivity contribution in [1.82, 2.24) is 25.0 Å². The molecule has 0 bridgehead atoms. The summed E-state index contributed by atoms with van der Waals surface area (Å²) in [4.78, 5) is 16.3. The van der Waals surface area contributed by atoms with Gasteiger partial charge in [0.1, 0.15) is 5.82 Å². The van der Waals surface area contributed by atoms with Crippen LogP contribution in [0.1, 0.15) is 46.5 Å². The van der Waals surface area contributed by atoms with E-state index in [-0.39, 0.29) is 5.91 Å². The summed E-state index contributed by atoms with van der Waals surface area (Å²) < 4.78 is 2.06. The van der Waals surface area contributed by atoms with Gasteiger partial charge in [-0.15, -0.1) is 21.5 Å². The molecule has 1 amide bonds. The molecule has 24 heavy (non-hydrogen) atoms. The minimum Gasteiger partial charge on any atom is -0.347 e. The molecule has 0 aromatic carbocycles.